The van der Waals surface area contributed by atoms with E-state index in [2.05, 4.69) is 20.7 Å². The van der Waals surface area contributed by atoms with E-state index < -0.39 is 29.6 Å². The molecule has 0 aliphatic heterocycles. The van der Waals surface area contributed by atoms with Crippen LogP contribution < -0.4 is 4.74 Å². The van der Waals surface area contributed by atoms with E-state index >= 15 is 0 Å². The Bertz CT molecular complexity index is 689. The van der Waals surface area contributed by atoms with Gasteiger partial charge in [-0.2, -0.15) is 8.78 Å². The highest BCUT2D eigenvalue weighted by molar-refractivity contribution is 9.10. The van der Waals surface area contributed by atoms with Crippen molar-refractivity contribution < 1.29 is 27.1 Å². The summed E-state index contributed by atoms with van der Waals surface area (Å²) in [7, 11) is 0. The van der Waals surface area contributed by atoms with Gasteiger partial charge in [-0.1, -0.05) is 12.1 Å². The Morgan fingerprint density at radius 2 is 1.86 bits per heavy atom. The van der Waals surface area contributed by atoms with Crippen molar-refractivity contribution in [3.05, 3.63) is 63.6 Å². The lowest BCUT2D eigenvalue weighted by Crippen LogP contribution is -2.09. The van der Waals surface area contributed by atoms with Crippen LogP contribution in [0.4, 0.5) is 17.6 Å². The second-order valence-corrected chi connectivity index (χ2v) is 4.81. The molecule has 110 valence electrons. The Balaban J connectivity index is 2.43. The van der Waals surface area contributed by atoms with Crippen molar-refractivity contribution in [2.75, 3.05) is 0 Å². The topological polar surface area (TPSA) is 26.3 Å². The van der Waals surface area contributed by atoms with Crippen LogP contribution in [0.5, 0.6) is 5.75 Å². The van der Waals surface area contributed by atoms with Crippen molar-refractivity contribution in [2.24, 2.45) is 0 Å². The fourth-order valence-corrected chi connectivity index (χ4v) is 2.02. The molecule has 0 unspecified atom stereocenters. The van der Waals surface area contributed by atoms with E-state index in [1.54, 1.807) is 0 Å². The highest BCUT2D eigenvalue weighted by atomic mass is 79.9. The van der Waals surface area contributed by atoms with Gasteiger partial charge in [0.15, 0.2) is 11.6 Å². The molecule has 0 aliphatic rings. The van der Waals surface area contributed by atoms with Crippen LogP contribution in [-0.2, 0) is 0 Å². The van der Waals surface area contributed by atoms with E-state index in [-0.39, 0.29) is 15.8 Å². The molecule has 0 amide bonds. The summed E-state index contributed by atoms with van der Waals surface area (Å²) in [5, 5.41) is 0. The molecule has 0 radical (unpaired) electrons. The van der Waals surface area contributed by atoms with Crippen LogP contribution in [0.2, 0.25) is 0 Å². The van der Waals surface area contributed by atoms with Crippen LogP contribution in [0.15, 0.2) is 40.9 Å². The Morgan fingerprint density at radius 3 is 2.52 bits per heavy atom. The van der Waals surface area contributed by atoms with Crippen molar-refractivity contribution in [1.82, 2.24) is 0 Å². The van der Waals surface area contributed by atoms with E-state index in [4.69, 9.17) is 0 Å². The number of ketones is 1. The van der Waals surface area contributed by atoms with E-state index in [9.17, 15) is 22.4 Å². The molecular weight excluding hydrogens is 356 g/mol. The minimum absolute atomic E-state index is 0.0766. The van der Waals surface area contributed by atoms with Crippen molar-refractivity contribution in [2.45, 2.75) is 6.61 Å². The van der Waals surface area contributed by atoms with Crippen LogP contribution in [0.25, 0.3) is 0 Å². The number of alkyl halides is 2. The first kappa shape index (κ1) is 15.5. The SMILES string of the molecule is O=C(c1cccc(OC(F)F)c1)c1c(F)ccc(Br)c1F. The van der Waals surface area contributed by atoms with Gasteiger partial charge in [0.2, 0.25) is 0 Å². The predicted octanol–water partition coefficient (Wildman–Crippen LogP) is 4.56. The summed E-state index contributed by atoms with van der Waals surface area (Å²) in [6, 6.07) is 6.78. The van der Waals surface area contributed by atoms with E-state index in [0.717, 1.165) is 18.2 Å². The lowest BCUT2D eigenvalue weighted by atomic mass is 10.0. The maximum atomic E-state index is 13.9. The number of halogens is 5. The molecule has 0 bridgehead atoms. The van der Waals surface area contributed by atoms with Crippen molar-refractivity contribution in [1.29, 1.82) is 0 Å². The fourth-order valence-electron chi connectivity index (χ4n) is 1.69. The first-order valence-corrected chi connectivity index (χ1v) is 6.42. The molecule has 0 saturated heterocycles. The number of ether oxygens (including phenoxy) is 1. The molecule has 2 aromatic carbocycles. The third-order valence-corrected chi connectivity index (χ3v) is 3.20. The second kappa shape index (κ2) is 6.26. The van der Waals surface area contributed by atoms with Crippen molar-refractivity contribution >= 4 is 21.7 Å². The molecule has 0 fully saturated rings. The minimum atomic E-state index is -3.06. The molecule has 2 aromatic rings. The fraction of sp³-hybridized carbons (Fsp3) is 0.0714. The van der Waals surface area contributed by atoms with Crippen molar-refractivity contribution in [3.63, 3.8) is 0 Å². The van der Waals surface area contributed by atoms with Gasteiger partial charge >= 0.3 is 6.61 Å². The average Bonchev–Trinajstić information content (AvgIpc) is 2.43. The van der Waals surface area contributed by atoms with Crippen LogP contribution in [0.1, 0.15) is 15.9 Å². The zero-order valence-electron chi connectivity index (χ0n) is 10.2. The lowest BCUT2D eigenvalue weighted by Gasteiger charge is -2.08. The molecule has 0 aromatic heterocycles. The largest absolute Gasteiger partial charge is 0.435 e. The monoisotopic (exact) mass is 362 g/mol. The number of carbonyl (C=O) groups excluding carboxylic acids is 1. The molecule has 0 saturated carbocycles. The summed E-state index contributed by atoms with van der Waals surface area (Å²) in [5.41, 5.74) is -0.928. The Kier molecular flexibility index (Phi) is 4.62. The van der Waals surface area contributed by atoms with Gasteiger partial charge in [-0.05, 0) is 40.2 Å². The Morgan fingerprint density at radius 1 is 1.14 bits per heavy atom. The first-order chi connectivity index (χ1) is 9.90. The summed E-state index contributed by atoms with van der Waals surface area (Å²) < 4.78 is 55.8. The zero-order chi connectivity index (χ0) is 15.6. The van der Waals surface area contributed by atoms with Gasteiger partial charge in [-0.25, -0.2) is 8.78 Å². The van der Waals surface area contributed by atoms with E-state index in [1.807, 2.05) is 0 Å². The van der Waals surface area contributed by atoms with Gasteiger partial charge in [0.05, 0.1) is 10.0 Å². The summed E-state index contributed by atoms with van der Waals surface area (Å²) in [6.45, 7) is -3.06. The molecule has 0 N–H and O–H groups in total. The van der Waals surface area contributed by atoms with Crippen LogP contribution in [0.3, 0.4) is 0 Å². The molecular formula is C14H7BrF4O2. The summed E-state index contributed by atoms with van der Waals surface area (Å²) in [5.74, 6) is -3.33. The third kappa shape index (κ3) is 3.41. The molecule has 0 aliphatic carbocycles. The maximum Gasteiger partial charge on any atom is 0.387 e. The van der Waals surface area contributed by atoms with Gasteiger partial charge < -0.3 is 4.74 Å². The smallest absolute Gasteiger partial charge is 0.387 e. The number of hydrogen-bond acceptors (Lipinski definition) is 2. The van der Waals surface area contributed by atoms with Crippen LogP contribution in [0, 0.1) is 11.6 Å². The number of carbonyl (C=O) groups is 1. The van der Waals surface area contributed by atoms with Gasteiger partial charge in [0, 0.05) is 5.56 Å². The highest BCUT2D eigenvalue weighted by Gasteiger charge is 2.21. The number of rotatable bonds is 4. The number of benzene rings is 2. The standard InChI is InChI=1S/C14H7BrF4O2/c15-9-4-5-10(16)11(12(9)17)13(20)7-2-1-3-8(6-7)21-14(18)19/h1-6,14H. The third-order valence-electron chi connectivity index (χ3n) is 2.59. The summed E-state index contributed by atoms with van der Waals surface area (Å²) in [4.78, 5) is 12.1. The quantitative estimate of drug-likeness (QED) is 0.452. The normalized spacial score (nSPS) is 10.8. The maximum absolute atomic E-state index is 13.9. The molecule has 0 heterocycles. The molecule has 2 rings (SSSR count). The average molecular weight is 363 g/mol. The van der Waals surface area contributed by atoms with E-state index in [1.165, 1.54) is 18.2 Å². The number of hydrogen-bond donors (Lipinski definition) is 0. The minimum Gasteiger partial charge on any atom is -0.435 e. The zero-order valence-corrected chi connectivity index (χ0v) is 11.8. The van der Waals surface area contributed by atoms with Crippen LogP contribution >= 0.6 is 15.9 Å². The summed E-state index contributed by atoms with van der Waals surface area (Å²) in [6.07, 6.45) is 0. The van der Waals surface area contributed by atoms with Crippen LogP contribution in [-0.4, -0.2) is 12.4 Å². The second-order valence-electron chi connectivity index (χ2n) is 3.95. The Hall–Kier alpha value is -1.89. The van der Waals surface area contributed by atoms with E-state index in [0.29, 0.717) is 0 Å². The lowest BCUT2D eigenvalue weighted by molar-refractivity contribution is -0.0498. The van der Waals surface area contributed by atoms with Gasteiger partial charge in [-0.15, -0.1) is 0 Å². The first-order valence-electron chi connectivity index (χ1n) is 5.63. The summed E-state index contributed by atoms with van der Waals surface area (Å²) >= 11 is 2.85. The predicted molar refractivity (Wildman–Crippen MR) is 70.6 cm³/mol. The Labute approximate surface area is 125 Å². The molecule has 7 heteroatoms. The van der Waals surface area contributed by atoms with Gasteiger partial charge in [0.1, 0.15) is 11.6 Å². The van der Waals surface area contributed by atoms with Gasteiger partial charge in [-0.3, -0.25) is 4.79 Å². The molecule has 0 spiro atoms. The highest BCUT2D eigenvalue weighted by Crippen LogP contribution is 2.25. The van der Waals surface area contributed by atoms with Crippen molar-refractivity contribution in [3.8, 4) is 5.75 Å². The molecule has 2 nitrogen and oxygen atoms in total. The molecule has 0 atom stereocenters. The van der Waals surface area contributed by atoms with Gasteiger partial charge in [0.25, 0.3) is 0 Å². The molecule has 21 heavy (non-hydrogen) atoms.